The summed E-state index contributed by atoms with van der Waals surface area (Å²) in [5.41, 5.74) is 4.60. The van der Waals surface area contributed by atoms with Crippen molar-refractivity contribution >= 4 is 18.0 Å². The highest BCUT2D eigenvalue weighted by atomic mass is 16.5. The van der Waals surface area contributed by atoms with Gasteiger partial charge in [0, 0.05) is 32.2 Å². The van der Waals surface area contributed by atoms with Gasteiger partial charge >= 0.3 is 12.1 Å². The SMILES string of the molecule is COC(CNC(=O)OCC1c2ccccc2-c2ccccc21)CC(=O)N(CCC(=O)O)C1CC1. The van der Waals surface area contributed by atoms with E-state index in [0.717, 1.165) is 35.1 Å². The number of carboxylic acids is 1. The van der Waals surface area contributed by atoms with Crippen LogP contribution in [0.2, 0.25) is 0 Å². The van der Waals surface area contributed by atoms with Crippen LogP contribution in [0, 0.1) is 0 Å². The van der Waals surface area contributed by atoms with E-state index in [1.165, 1.54) is 7.11 Å². The Hall–Kier alpha value is -3.39. The van der Waals surface area contributed by atoms with E-state index in [1.54, 1.807) is 4.90 Å². The molecule has 0 radical (unpaired) electrons. The minimum atomic E-state index is -0.932. The summed E-state index contributed by atoms with van der Waals surface area (Å²) < 4.78 is 10.9. The molecule has 2 aliphatic carbocycles. The Balaban J connectivity index is 1.28. The first-order valence-corrected chi connectivity index (χ1v) is 11.6. The predicted octanol–water partition coefficient (Wildman–Crippen LogP) is 3.40. The lowest BCUT2D eigenvalue weighted by molar-refractivity contribution is -0.139. The number of carbonyl (C=O) groups is 3. The number of nitrogens with zero attached hydrogens (tertiary/aromatic N) is 1. The van der Waals surface area contributed by atoms with E-state index in [-0.39, 0.29) is 50.4 Å². The van der Waals surface area contributed by atoms with Crippen LogP contribution in [0.3, 0.4) is 0 Å². The zero-order chi connectivity index (χ0) is 24.1. The summed E-state index contributed by atoms with van der Waals surface area (Å²) in [6.07, 6.45) is 0.663. The van der Waals surface area contributed by atoms with Gasteiger partial charge in [-0.3, -0.25) is 9.59 Å². The third-order valence-electron chi connectivity index (χ3n) is 6.43. The zero-order valence-electron chi connectivity index (χ0n) is 19.2. The van der Waals surface area contributed by atoms with Crippen molar-refractivity contribution in [1.82, 2.24) is 10.2 Å². The highest BCUT2D eigenvalue weighted by molar-refractivity contribution is 5.79. The summed E-state index contributed by atoms with van der Waals surface area (Å²) in [7, 11) is 1.48. The summed E-state index contributed by atoms with van der Waals surface area (Å²) >= 11 is 0. The second kappa shape index (κ2) is 10.7. The molecule has 1 unspecified atom stereocenters. The number of hydrogen-bond acceptors (Lipinski definition) is 5. The number of benzene rings is 2. The van der Waals surface area contributed by atoms with E-state index in [4.69, 9.17) is 14.6 Å². The minimum Gasteiger partial charge on any atom is -0.481 e. The van der Waals surface area contributed by atoms with Crippen molar-refractivity contribution in [2.24, 2.45) is 0 Å². The number of nitrogens with one attached hydrogen (secondary N) is 1. The van der Waals surface area contributed by atoms with Gasteiger partial charge < -0.3 is 24.8 Å². The van der Waals surface area contributed by atoms with Crippen molar-refractivity contribution in [2.75, 3.05) is 26.8 Å². The van der Waals surface area contributed by atoms with Gasteiger partial charge in [-0.15, -0.1) is 0 Å². The van der Waals surface area contributed by atoms with Gasteiger partial charge in [-0.2, -0.15) is 0 Å². The molecule has 2 N–H and O–H groups in total. The molecule has 2 aromatic rings. The van der Waals surface area contributed by atoms with E-state index >= 15 is 0 Å². The number of fused-ring (bicyclic) bond motifs is 3. The van der Waals surface area contributed by atoms with Crippen LogP contribution in [0.5, 0.6) is 0 Å². The molecule has 1 atom stereocenters. The van der Waals surface area contributed by atoms with Gasteiger partial charge in [0.15, 0.2) is 0 Å². The second-order valence-corrected chi connectivity index (χ2v) is 8.73. The van der Waals surface area contributed by atoms with Gasteiger partial charge in [-0.05, 0) is 35.1 Å². The number of carboxylic acid groups (broad SMARTS) is 1. The lowest BCUT2D eigenvalue weighted by Gasteiger charge is -2.24. The molecule has 0 bridgehead atoms. The maximum Gasteiger partial charge on any atom is 0.407 e. The molecule has 2 amide bonds. The van der Waals surface area contributed by atoms with E-state index in [9.17, 15) is 14.4 Å². The number of amides is 2. The second-order valence-electron chi connectivity index (χ2n) is 8.73. The largest absolute Gasteiger partial charge is 0.481 e. The topological polar surface area (TPSA) is 105 Å². The first kappa shape index (κ1) is 23.8. The fourth-order valence-electron chi connectivity index (χ4n) is 4.51. The molecule has 34 heavy (non-hydrogen) atoms. The van der Waals surface area contributed by atoms with Crippen LogP contribution >= 0.6 is 0 Å². The van der Waals surface area contributed by atoms with Gasteiger partial charge in [0.1, 0.15) is 6.61 Å². The third kappa shape index (κ3) is 5.56. The van der Waals surface area contributed by atoms with Crippen LogP contribution in [0.25, 0.3) is 11.1 Å². The Morgan fingerprint density at radius 3 is 2.24 bits per heavy atom. The fourth-order valence-corrected chi connectivity index (χ4v) is 4.51. The smallest absolute Gasteiger partial charge is 0.407 e. The molecule has 1 saturated carbocycles. The van der Waals surface area contributed by atoms with Crippen molar-refractivity contribution < 1.29 is 29.0 Å². The van der Waals surface area contributed by atoms with E-state index < -0.39 is 18.2 Å². The van der Waals surface area contributed by atoms with Gasteiger partial charge in [0.2, 0.25) is 5.91 Å². The Morgan fingerprint density at radius 1 is 1.06 bits per heavy atom. The number of rotatable bonds is 11. The molecule has 2 aromatic carbocycles. The standard InChI is InChI=1S/C26H30N2O6/c1-33-18(14-24(29)28(17-10-11-17)13-12-25(30)31)15-27-26(32)34-16-23-21-8-4-2-6-19(21)20-7-3-5-9-22(20)23/h2-9,17-18,23H,10-16H2,1H3,(H,27,32)(H,30,31). The van der Waals surface area contributed by atoms with Crippen LogP contribution in [-0.2, 0) is 19.1 Å². The van der Waals surface area contributed by atoms with E-state index in [2.05, 4.69) is 29.6 Å². The zero-order valence-corrected chi connectivity index (χ0v) is 19.2. The highest BCUT2D eigenvalue weighted by Gasteiger charge is 2.34. The maximum atomic E-state index is 12.7. The number of methoxy groups -OCH3 is 1. The fraction of sp³-hybridized carbons (Fsp3) is 0.423. The Labute approximate surface area is 198 Å². The number of carbonyl (C=O) groups excluding carboxylic acids is 2. The van der Waals surface area contributed by atoms with Crippen LogP contribution in [0.1, 0.15) is 42.7 Å². The molecule has 0 aliphatic heterocycles. The summed E-state index contributed by atoms with van der Waals surface area (Å²) in [4.78, 5) is 37.6. The predicted molar refractivity (Wildman–Crippen MR) is 125 cm³/mol. The lowest BCUT2D eigenvalue weighted by atomic mass is 9.98. The van der Waals surface area contributed by atoms with Crippen LogP contribution in [0.4, 0.5) is 4.79 Å². The monoisotopic (exact) mass is 466 g/mol. The maximum absolute atomic E-state index is 12.7. The Bertz CT molecular complexity index is 1010. The Morgan fingerprint density at radius 2 is 1.68 bits per heavy atom. The van der Waals surface area contributed by atoms with Crippen LogP contribution in [0.15, 0.2) is 48.5 Å². The van der Waals surface area contributed by atoms with E-state index in [0.29, 0.717) is 0 Å². The third-order valence-corrected chi connectivity index (χ3v) is 6.43. The van der Waals surface area contributed by atoms with Gasteiger partial charge in [-0.1, -0.05) is 48.5 Å². The normalized spacial score (nSPS) is 15.2. The molecule has 8 heteroatoms. The van der Waals surface area contributed by atoms with Gasteiger partial charge in [0.25, 0.3) is 0 Å². The summed E-state index contributed by atoms with van der Waals surface area (Å²) in [6, 6.07) is 16.4. The molecule has 8 nitrogen and oxygen atoms in total. The van der Waals surface area contributed by atoms with Crippen molar-refractivity contribution in [2.45, 2.75) is 43.7 Å². The molecule has 0 spiro atoms. The molecular weight excluding hydrogens is 436 g/mol. The molecule has 4 rings (SSSR count). The van der Waals surface area contributed by atoms with E-state index in [1.807, 2.05) is 24.3 Å². The van der Waals surface area contributed by atoms with Crippen molar-refractivity contribution in [3.8, 4) is 11.1 Å². The number of hydrogen-bond donors (Lipinski definition) is 2. The average Bonchev–Trinajstić information content (AvgIpc) is 3.62. The first-order chi connectivity index (χ1) is 16.5. The minimum absolute atomic E-state index is 0.0284. The summed E-state index contributed by atoms with van der Waals surface area (Å²) in [6.45, 7) is 0.520. The van der Waals surface area contributed by atoms with Gasteiger partial charge in [-0.25, -0.2) is 4.79 Å². The number of alkyl carbamates (subject to hydrolysis) is 1. The Kier molecular flexibility index (Phi) is 7.47. The number of aliphatic carboxylic acids is 1. The molecular formula is C26H30N2O6. The molecule has 2 aliphatic rings. The molecule has 180 valence electrons. The molecule has 1 fully saturated rings. The van der Waals surface area contributed by atoms with Crippen molar-refractivity contribution in [1.29, 1.82) is 0 Å². The average molecular weight is 467 g/mol. The number of ether oxygens (including phenoxy) is 2. The lowest BCUT2D eigenvalue weighted by Crippen LogP contribution is -2.40. The summed E-state index contributed by atoms with van der Waals surface area (Å²) in [5, 5.41) is 11.6. The van der Waals surface area contributed by atoms with Gasteiger partial charge in [0.05, 0.1) is 18.9 Å². The first-order valence-electron chi connectivity index (χ1n) is 11.6. The summed E-state index contributed by atoms with van der Waals surface area (Å²) in [5.74, 6) is -1.12. The van der Waals surface area contributed by atoms with Crippen molar-refractivity contribution in [3.05, 3.63) is 59.7 Å². The highest BCUT2D eigenvalue weighted by Crippen LogP contribution is 2.44. The van der Waals surface area contributed by atoms with Crippen molar-refractivity contribution in [3.63, 3.8) is 0 Å². The quantitative estimate of drug-likeness (QED) is 0.526. The molecule has 0 heterocycles. The molecule has 0 aromatic heterocycles. The van der Waals surface area contributed by atoms with Crippen LogP contribution < -0.4 is 5.32 Å². The van der Waals surface area contributed by atoms with Crippen LogP contribution in [-0.4, -0.2) is 66.9 Å². The molecule has 0 saturated heterocycles.